The highest BCUT2D eigenvalue weighted by Gasteiger charge is 1.91. The lowest BCUT2D eigenvalue weighted by atomic mass is 10.4. The molecule has 0 spiro atoms. The van der Waals surface area contributed by atoms with Gasteiger partial charge >= 0.3 is 0 Å². The molecule has 1 aromatic rings. The van der Waals surface area contributed by atoms with Gasteiger partial charge in [0.2, 0.25) is 5.82 Å². The van der Waals surface area contributed by atoms with E-state index < -0.39 is 0 Å². The first-order valence-corrected chi connectivity index (χ1v) is 3.28. The summed E-state index contributed by atoms with van der Waals surface area (Å²) < 4.78 is 1.73. The van der Waals surface area contributed by atoms with Crippen molar-refractivity contribution in [3.63, 3.8) is 0 Å². The van der Waals surface area contributed by atoms with E-state index >= 15 is 0 Å². The normalized spacial score (nSPS) is 8.91. The van der Waals surface area contributed by atoms with E-state index in [0.29, 0.717) is 12.2 Å². The van der Waals surface area contributed by atoms with Crippen LogP contribution < -0.4 is 0 Å². The molecule has 4 nitrogen and oxygen atoms in total. The van der Waals surface area contributed by atoms with Crippen LogP contribution in [0.2, 0.25) is 0 Å². The highest BCUT2D eigenvalue weighted by Crippen LogP contribution is 1.86. The summed E-state index contributed by atoms with van der Waals surface area (Å²) in [4.78, 5) is 0. The zero-order valence-corrected chi connectivity index (χ0v) is 6.28. The van der Waals surface area contributed by atoms with Gasteiger partial charge in [-0.1, -0.05) is 5.92 Å². The van der Waals surface area contributed by atoms with E-state index in [4.69, 9.17) is 5.11 Å². The number of nitrogens with zero attached hydrogens (tertiary/aromatic N) is 3. The van der Waals surface area contributed by atoms with Gasteiger partial charge in [0.1, 0.15) is 6.33 Å². The molecular formula is C7H9N3O. The van der Waals surface area contributed by atoms with Crippen LogP contribution in [-0.2, 0) is 7.05 Å². The molecule has 58 valence electrons. The van der Waals surface area contributed by atoms with Crippen molar-refractivity contribution in [3.8, 4) is 11.8 Å². The molecule has 0 atom stereocenters. The summed E-state index contributed by atoms with van der Waals surface area (Å²) in [6, 6.07) is 0. The van der Waals surface area contributed by atoms with Crippen LogP contribution in [0.15, 0.2) is 6.33 Å². The maximum Gasteiger partial charge on any atom is 0.207 e. The van der Waals surface area contributed by atoms with Crippen LogP contribution >= 0.6 is 0 Å². The number of aliphatic hydroxyl groups is 1. The fraction of sp³-hybridized carbons (Fsp3) is 0.429. The molecule has 0 saturated carbocycles. The van der Waals surface area contributed by atoms with Crippen LogP contribution in [0.1, 0.15) is 12.2 Å². The van der Waals surface area contributed by atoms with Gasteiger partial charge in [0.15, 0.2) is 0 Å². The van der Waals surface area contributed by atoms with E-state index in [1.807, 2.05) is 7.05 Å². The van der Waals surface area contributed by atoms with Crippen LogP contribution in [0, 0.1) is 11.8 Å². The minimum atomic E-state index is 0.0881. The second kappa shape index (κ2) is 3.74. The van der Waals surface area contributed by atoms with Crippen LogP contribution in [0.25, 0.3) is 0 Å². The molecule has 0 fully saturated rings. The second-order valence-electron chi connectivity index (χ2n) is 2.04. The molecule has 1 rings (SSSR count). The molecule has 0 aromatic carbocycles. The van der Waals surface area contributed by atoms with E-state index in [9.17, 15) is 0 Å². The maximum atomic E-state index is 8.42. The van der Waals surface area contributed by atoms with Crippen molar-refractivity contribution in [2.45, 2.75) is 6.42 Å². The van der Waals surface area contributed by atoms with Crippen molar-refractivity contribution in [1.82, 2.24) is 14.8 Å². The Bertz CT molecular complexity index is 281. The lowest BCUT2D eigenvalue weighted by Crippen LogP contribution is -1.90. The predicted molar refractivity (Wildman–Crippen MR) is 39.6 cm³/mol. The van der Waals surface area contributed by atoms with E-state index in [-0.39, 0.29) is 6.61 Å². The van der Waals surface area contributed by atoms with E-state index in [2.05, 4.69) is 22.0 Å². The Morgan fingerprint density at radius 3 is 3.09 bits per heavy atom. The van der Waals surface area contributed by atoms with Gasteiger partial charge in [-0.3, -0.25) is 0 Å². The molecule has 1 N–H and O–H groups in total. The van der Waals surface area contributed by atoms with Crippen molar-refractivity contribution in [1.29, 1.82) is 0 Å². The van der Waals surface area contributed by atoms with Gasteiger partial charge in [0.05, 0.1) is 6.61 Å². The maximum absolute atomic E-state index is 8.42. The second-order valence-corrected chi connectivity index (χ2v) is 2.04. The summed E-state index contributed by atoms with van der Waals surface area (Å²) in [6.07, 6.45) is 2.07. The summed E-state index contributed by atoms with van der Waals surface area (Å²) in [6.45, 7) is 0.0881. The third-order valence-electron chi connectivity index (χ3n) is 1.15. The Labute approximate surface area is 64.9 Å². The van der Waals surface area contributed by atoms with Crippen LogP contribution in [0.4, 0.5) is 0 Å². The van der Waals surface area contributed by atoms with Crippen LogP contribution in [0.3, 0.4) is 0 Å². The summed E-state index contributed by atoms with van der Waals surface area (Å²) in [7, 11) is 1.82. The summed E-state index contributed by atoms with van der Waals surface area (Å²) in [5.41, 5.74) is 0. The molecule has 11 heavy (non-hydrogen) atoms. The third kappa shape index (κ3) is 2.06. The van der Waals surface area contributed by atoms with E-state index in [0.717, 1.165) is 0 Å². The number of hydrogen-bond donors (Lipinski definition) is 1. The first kappa shape index (κ1) is 7.76. The van der Waals surface area contributed by atoms with Gasteiger partial charge < -0.3 is 9.67 Å². The first-order valence-electron chi connectivity index (χ1n) is 3.28. The van der Waals surface area contributed by atoms with Gasteiger partial charge in [-0.25, -0.2) is 0 Å². The SMILES string of the molecule is Cn1cnnc1C#CCCO. The number of rotatable bonds is 1. The molecule has 0 aliphatic rings. The smallest absolute Gasteiger partial charge is 0.207 e. The Balaban J connectivity index is 2.65. The highest BCUT2D eigenvalue weighted by atomic mass is 16.2. The fourth-order valence-corrected chi connectivity index (χ4v) is 0.594. The lowest BCUT2D eigenvalue weighted by Gasteiger charge is -1.86. The molecule has 0 aliphatic heterocycles. The van der Waals surface area contributed by atoms with Crippen molar-refractivity contribution in [3.05, 3.63) is 12.2 Å². The minimum Gasteiger partial charge on any atom is -0.395 e. The van der Waals surface area contributed by atoms with Gasteiger partial charge in [-0.2, -0.15) is 0 Å². The summed E-state index contributed by atoms with van der Waals surface area (Å²) in [5.74, 6) is 6.15. The van der Waals surface area contributed by atoms with Crippen molar-refractivity contribution < 1.29 is 5.11 Å². The van der Waals surface area contributed by atoms with Gasteiger partial charge in [-0.05, 0) is 5.92 Å². The van der Waals surface area contributed by atoms with Crippen molar-refractivity contribution in [2.24, 2.45) is 7.05 Å². The Hall–Kier alpha value is -1.34. The molecule has 0 amide bonds. The Morgan fingerprint density at radius 1 is 1.73 bits per heavy atom. The first-order chi connectivity index (χ1) is 5.34. The average Bonchev–Trinajstić information content (AvgIpc) is 2.37. The zero-order chi connectivity index (χ0) is 8.10. The van der Waals surface area contributed by atoms with Gasteiger partial charge in [-0.15, -0.1) is 10.2 Å². The lowest BCUT2D eigenvalue weighted by molar-refractivity contribution is 0.305. The zero-order valence-electron chi connectivity index (χ0n) is 6.28. The number of hydrogen-bond acceptors (Lipinski definition) is 3. The highest BCUT2D eigenvalue weighted by molar-refractivity contribution is 5.19. The molecule has 0 unspecified atom stereocenters. The molecule has 4 heteroatoms. The molecule has 0 saturated heterocycles. The molecule has 0 radical (unpaired) electrons. The Morgan fingerprint density at radius 2 is 2.55 bits per heavy atom. The van der Waals surface area contributed by atoms with E-state index in [1.54, 1.807) is 10.9 Å². The monoisotopic (exact) mass is 151 g/mol. The van der Waals surface area contributed by atoms with Crippen molar-refractivity contribution >= 4 is 0 Å². The number of aryl methyl sites for hydroxylation is 1. The molecular weight excluding hydrogens is 142 g/mol. The average molecular weight is 151 g/mol. The third-order valence-corrected chi connectivity index (χ3v) is 1.15. The van der Waals surface area contributed by atoms with Crippen LogP contribution in [-0.4, -0.2) is 26.5 Å². The molecule has 1 aromatic heterocycles. The van der Waals surface area contributed by atoms with Gasteiger partial charge in [0.25, 0.3) is 0 Å². The number of aliphatic hydroxyl groups excluding tert-OH is 1. The Kier molecular flexibility index (Phi) is 2.64. The van der Waals surface area contributed by atoms with Gasteiger partial charge in [0, 0.05) is 13.5 Å². The van der Waals surface area contributed by atoms with Crippen molar-refractivity contribution in [2.75, 3.05) is 6.61 Å². The molecule has 0 aliphatic carbocycles. The summed E-state index contributed by atoms with van der Waals surface area (Å²) in [5, 5.41) is 15.8. The standard InChI is InChI=1S/C7H9N3O/c1-10-6-8-9-7(10)4-2-3-5-11/h6,11H,3,5H2,1H3. The fourth-order valence-electron chi connectivity index (χ4n) is 0.594. The quantitative estimate of drug-likeness (QED) is 0.553. The topological polar surface area (TPSA) is 50.9 Å². The number of aromatic nitrogens is 3. The van der Waals surface area contributed by atoms with E-state index in [1.165, 1.54) is 0 Å². The summed E-state index contributed by atoms with van der Waals surface area (Å²) >= 11 is 0. The largest absolute Gasteiger partial charge is 0.395 e. The minimum absolute atomic E-state index is 0.0881. The predicted octanol–water partition coefficient (Wildman–Crippen LogP) is -0.451. The van der Waals surface area contributed by atoms with Crippen LogP contribution in [0.5, 0.6) is 0 Å². The molecule has 0 bridgehead atoms. The molecule has 1 heterocycles.